The molecule has 110 valence electrons. The fraction of sp³-hybridized carbons (Fsp3) is 0.786. The van der Waals surface area contributed by atoms with Crippen LogP contribution in [0.2, 0.25) is 0 Å². The van der Waals surface area contributed by atoms with Gasteiger partial charge in [-0.05, 0) is 34.1 Å². The average Bonchev–Trinajstić information content (AvgIpc) is 2.22. The molecule has 0 aliphatic carbocycles. The van der Waals surface area contributed by atoms with Crippen LogP contribution in [-0.2, 0) is 21.8 Å². The van der Waals surface area contributed by atoms with Crippen molar-refractivity contribution in [1.82, 2.24) is 4.90 Å². The first-order valence-corrected chi connectivity index (χ1v) is 6.47. The fourth-order valence-corrected chi connectivity index (χ4v) is 1.69. The number of carbonyl (C=O) groups is 1. The van der Waals surface area contributed by atoms with Crippen LogP contribution in [0.1, 0.15) is 60.8 Å². The molecule has 0 rings (SSSR count). The van der Waals surface area contributed by atoms with Crippen LogP contribution in [0.15, 0.2) is 5.57 Å². The summed E-state index contributed by atoms with van der Waals surface area (Å²) in [5.74, 6) is 0. The summed E-state index contributed by atoms with van der Waals surface area (Å²) in [5, 5.41) is 0. The molecule has 0 saturated carbocycles. The largest absolute Gasteiger partial charge is 1.00 e. The molecular formula is C14H26CuNO2. The fourth-order valence-electron chi connectivity index (χ4n) is 1.69. The van der Waals surface area contributed by atoms with E-state index < -0.39 is 0 Å². The quantitative estimate of drug-likeness (QED) is 0.419. The van der Waals surface area contributed by atoms with Gasteiger partial charge in [-0.25, -0.2) is 0 Å². The Labute approximate surface area is 122 Å². The Bertz CT molecular complexity index is 255. The van der Waals surface area contributed by atoms with Crippen molar-refractivity contribution in [1.29, 1.82) is 0 Å². The first kappa shape index (κ1) is 19.9. The van der Waals surface area contributed by atoms with E-state index in [-0.39, 0.29) is 35.2 Å². The van der Waals surface area contributed by atoms with Crippen LogP contribution < -0.4 is 0 Å². The second-order valence-electron chi connectivity index (χ2n) is 4.95. The molecule has 0 fully saturated rings. The predicted octanol–water partition coefficient (Wildman–Crippen LogP) is 4.14. The molecule has 0 aromatic carbocycles. The minimum absolute atomic E-state index is 0. The maximum atomic E-state index is 11.8. The number of nitrogens with zero attached hydrogens (tertiary/aromatic N) is 1. The number of amides is 1. The Morgan fingerprint density at radius 2 is 1.72 bits per heavy atom. The summed E-state index contributed by atoms with van der Waals surface area (Å²) >= 11 is 0. The third kappa shape index (κ3) is 7.78. The van der Waals surface area contributed by atoms with Crippen molar-refractivity contribution in [3.63, 3.8) is 0 Å². The van der Waals surface area contributed by atoms with E-state index in [1.165, 1.54) is 0 Å². The molecule has 18 heavy (non-hydrogen) atoms. The van der Waals surface area contributed by atoms with Gasteiger partial charge >= 0.3 is 17.1 Å². The molecule has 0 radical (unpaired) electrons. The van der Waals surface area contributed by atoms with E-state index in [0.717, 1.165) is 24.8 Å². The van der Waals surface area contributed by atoms with E-state index in [2.05, 4.69) is 13.2 Å². The van der Waals surface area contributed by atoms with Crippen molar-refractivity contribution in [3.05, 3.63) is 11.8 Å². The summed E-state index contributed by atoms with van der Waals surface area (Å²) in [6.45, 7) is 12.0. The van der Waals surface area contributed by atoms with Gasteiger partial charge in [0.1, 0.15) is 0 Å². The van der Waals surface area contributed by atoms with Gasteiger partial charge in [-0.1, -0.05) is 33.0 Å². The molecule has 0 unspecified atom stereocenters. The second kappa shape index (κ2) is 10.5. The molecule has 0 aliphatic heterocycles. The van der Waals surface area contributed by atoms with Crippen molar-refractivity contribution < 1.29 is 26.6 Å². The third-order valence-corrected chi connectivity index (χ3v) is 2.54. The van der Waals surface area contributed by atoms with Gasteiger partial charge in [0.05, 0.1) is 0 Å². The van der Waals surface area contributed by atoms with Crippen LogP contribution in [0, 0.1) is 6.26 Å². The number of allylic oxidation sites excluding steroid dienone is 1. The Morgan fingerprint density at radius 3 is 2.11 bits per heavy atom. The predicted molar refractivity (Wildman–Crippen MR) is 70.5 cm³/mol. The molecule has 0 heterocycles. The Hall–Kier alpha value is -0.471. The first-order valence-electron chi connectivity index (χ1n) is 6.47. The van der Waals surface area contributed by atoms with Crippen molar-refractivity contribution in [2.75, 3.05) is 0 Å². The molecular weight excluding hydrogens is 278 g/mol. The van der Waals surface area contributed by atoms with Crippen LogP contribution in [0.25, 0.3) is 0 Å². The molecule has 1 amide bonds. The molecule has 0 bridgehead atoms. The first-order chi connectivity index (χ1) is 7.90. The number of hydrogen-bond acceptors (Lipinski definition) is 2. The third-order valence-electron chi connectivity index (χ3n) is 2.54. The number of carbonyl (C=O) groups excluding carboxylic acids is 1. The van der Waals surface area contributed by atoms with Gasteiger partial charge in [-0.15, -0.1) is 5.57 Å². The monoisotopic (exact) mass is 303 g/mol. The normalized spacial score (nSPS) is 11.4. The summed E-state index contributed by atoms with van der Waals surface area (Å²) in [5.41, 5.74) is 0.993. The molecule has 0 atom stereocenters. The SMILES string of the molecule is CCCCC(C)=[C-]OC(=O)N(C(C)C)C(C)C.[Cu+]. The number of ether oxygens (including phenoxy) is 1. The van der Waals surface area contributed by atoms with Crippen molar-refractivity contribution in [2.24, 2.45) is 0 Å². The topological polar surface area (TPSA) is 29.5 Å². The number of hydrogen-bond donors (Lipinski definition) is 0. The summed E-state index contributed by atoms with van der Waals surface area (Å²) in [6.07, 6.45) is 5.60. The van der Waals surface area contributed by atoms with Gasteiger partial charge in [0.25, 0.3) is 0 Å². The van der Waals surface area contributed by atoms with Gasteiger partial charge in [0, 0.05) is 12.1 Å². The van der Waals surface area contributed by atoms with E-state index in [1.807, 2.05) is 34.6 Å². The van der Waals surface area contributed by atoms with E-state index in [0.29, 0.717) is 0 Å². The van der Waals surface area contributed by atoms with Crippen molar-refractivity contribution in [3.8, 4) is 0 Å². The van der Waals surface area contributed by atoms with Crippen LogP contribution in [0.3, 0.4) is 0 Å². The minimum atomic E-state index is -0.314. The van der Waals surface area contributed by atoms with E-state index in [1.54, 1.807) is 4.90 Å². The van der Waals surface area contributed by atoms with Crippen LogP contribution >= 0.6 is 0 Å². The van der Waals surface area contributed by atoms with Crippen LogP contribution in [0.4, 0.5) is 4.79 Å². The van der Waals surface area contributed by atoms with E-state index in [4.69, 9.17) is 4.74 Å². The van der Waals surface area contributed by atoms with Gasteiger partial charge < -0.3 is 14.4 Å². The maximum absolute atomic E-state index is 11.8. The average molecular weight is 304 g/mol. The van der Waals surface area contributed by atoms with Gasteiger partial charge in [-0.3, -0.25) is 0 Å². The van der Waals surface area contributed by atoms with E-state index in [9.17, 15) is 4.79 Å². The molecule has 0 aromatic heterocycles. The Morgan fingerprint density at radius 1 is 1.22 bits per heavy atom. The van der Waals surface area contributed by atoms with E-state index >= 15 is 0 Å². The summed E-state index contributed by atoms with van der Waals surface area (Å²) in [6, 6.07) is 0.278. The zero-order chi connectivity index (χ0) is 13.4. The zero-order valence-corrected chi connectivity index (χ0v) is 13.3. The Balaban J connectivity index is 0. The summed E-state index contributed by atoms with van der Waals surface area (Å²) in [4.78, 5) is 13.5. The number of rotatable bonds is 6. The smallest absolute Gasteiger partial charge is 0.602 e. The van der Waals surface area contributed by atoms with Crippen molar-refractivity contribution >= 4 is 6.09 Å². The molecule has 0 spiro atoms. The second-order valence-corrected chi connectivity index (χ2v) is 4.95. The Kier molecular flexibility index (Phi) is 11.5. The van der Waals surface area contributed by atoms with Gasteiger partial charge in [0.2, 0.25) is 6.09 Å². The van der Waals surface area contributed by atoms with Crippen LogP contribution in [0.5, 0.6) is 0 Å². The molecule has 0 N–H and O–H groups in total. The van der Waals surface area contributed by atoms with Crippen molar-refractivity contribution in [2.45, 2.75) is 72.9 Å². The molecule has 0 aromatic rings. The molecule has 0 saturated heterocycles. The standard InChI is InChI=1S/C14H26NO2.Cu/c1-7-8-9-13(6)10-17-14(16)15(11(2)3)12(4)5;/h11-12H,7-9H2,1-6H3;/q-1;+1. The zero-order valence-electron chi connectivity index (χ0n) is 12.3. The summed E-state index contributed by atoms with van der Waals surface area (Å²) in [7, 11) is 0. The summed E-state index contributed by atoms with van der Waals surface area (Å²) < 4.78 is 5.09. The van der Waals surface area contributed by atoms with Gasteiger partial charge in [-0.2, -0.15) is 0 Å². The van der Waals surface area contributed by atoms with Gasteiger partial charge in [0.15, 0.2) is 0 Å². The molecule has 3 nitrogen and oxygen atoms in total. The van der Waals surface area contributed by atoms with Crippen LogP contribution in [-0.4, -0.2) is 23.1 Å². The number of unbranched alkanes of at least 4 members (excludes halogenated alkanes) is 1. The molecule has 4 heteroatoms. The minimum Gasteiger partial charge on any atom is -0.602 e. The maximum Gasteiger partial charge on any atom is 1.00 e. The molecule has 0 aliphatic rings.